The van der Waals surface area contributed by atoms with Gasteiger partial charge >= 0.3 is 0 Å². The number of hydrogen-bond donors (Lipinski definition) is 1. The van der Waals surface area contributed by atoms with Crippen LogP contribution in [0.4, 0.5) is 0 Å². The van der Waals surface area contributed by atoms with E-state index in [0.29, 0.717) is 6.04 Å². The van der Waals surface area contributed by atoms with Crippen molar-refractivity contribution < 1.29 is 4.74 Å². The highest BCUT2D eigenvalue weighted by atomic mass is 16.5. The van der Waals surface area contributed by atoms with Gasteiger partial charge in [0, 0.05) is 12.6 Å². The highest BCUT2D eigenvalue weighted by Gasteiger charge is 2.23. The second-order valence-corrected chi connectivity index (χ2v) is 6.13. The summed E-state index contributed by atoms with van der Waals surface area (Å²) in [6.45, 7) is 16.3. The highest BCUT2D eigenvalue weighted by Crippen LogP contribution is 2.19. The average Bonchev–Trinajstić information content (AvgIpc) is 2.14. The number of rotatable bonds is 8. The van der Waals surface area contributed by atoms with E-state index in [9.17, 15) is 0 Å². The Hall–Kier alpha value is -0.0800. The van der Waals surface area contributed by atoms with Crippen molar-refractivity contribution in [2.45, 2.75) is 60.4 Å². The van der Waals surface area contributed by atoms with Crippen LogP contribution in [0.15, 0.2) is 0 Å². The Morgan fingerprint density at radius 3 is 2.25 bits per heavy atom. The minimum atomic E-state index is 0.271. The summed E-state index contributed by atoms with van der Waals surface area (Å²) in [6.07, 6.45) is 2.34. The Morgan fingerprint density at radius 2 is 1.81 bits per heavy atom. The van der Waals surface area contributed by atoms with Gasteiger partial charge in [0.2, 0.25) is 0 Å². The second kappa shape index (κ2) is 8.08. The van der Waals surface area contributed by atoms with Crippen LogP contribution in [0.5, 0.6) is 0 Å². The minimum absolute atomic E-state index is 0.271. The van der Waals surface area contributed by atoms with E-state index in [2.05, 4.69) is 46.9 Å². The Morgan fingerprint density at radius 1 is 1.19 bits per heavy atom. The van der Waals surface area contributed by atoms with Gasteiger partial charge in [-0.25, -0.2) is 0 Å². The normalized spacial score (nSPS) is 14.4. The van der Waals surface area contributed by atoms with Gasteiger partial charge < -0.3 is 10.1 Å². The molecule has 0 aliphatic rings. The molecular formula is C14H31NO. The van der Waals surface area contributed by atoms with Crippen LogP contribution in [0.2, 0.25) is 0 Å². The quantitative estimate of drug-likeness (QED) is 0.644. The lowest BCUT2D eigenvalue weighted by atomic mass is 9.87. The van der Waals surface area contributed by atoms with E-state index in [1.165, 1.54) is 6.42 Å². The van der Waals surface area contributed by atoms with Gasteiger partial charge in [0.1, 0.15) is 0 Å². The van der Waals surface area contributed by atoms with Gasteiger partial charge in [-0.05, 0) is 30.7 Å². The molecule has 0 aromatic rings. The Kier molecular flexibility index (Phi) is 8.04. The summed E-state index contributed by atoms with van der Waals surface area (Å²) in [5.74, 6) is 0.733. The van der Waals surface area contributed by atoms with E-state index >= 15 is 0 Å². The zero-order valence-electron chi connectivity index (χ0n) is 12.1. The van der Waals surface area contributed by atoms with Crippen LogP contribution in [0.1, 0.15) is 54.4 Å². The molecule has 0 aliphatic heterocycles. The van der Waals surface area contributed by atoms with Crippen LogP contribution in [-0.2, 0) is 4.74 Å². The lowest BCUT2D eigenvalue weighted by molar-refractivity contribution is 0.0695. The average molecular weight is 229 g/mol. The summed E-state index contributed by atoms with van der Waals surface area (Å²) in [4.78, 5) is 0. The summed E-state index contributed by atoms with van der Waals surface area (Å²) in [7, 11) is 0. The largest absolute Gasteiger partial charge is 0.380 e. The van der Waals surface area contributed by atoms with Gasteiger partial charge in [-0.3, -0.25) is 0 Å². The first-order valence-corrected chi connectivity index (χ1v) is 6.69. The molecule has 98 valence electrons. The van der Waals surface area contributed by atoms with Gasteiger partial charge in [0.15, 0.2) is 0 Å². The van der Waals surface area contributed by atoms with Crippen LogP contribution < -0.4 is 5.32 Å². The van der Waals surface area contributed by atoms with Crippen molar-refractivity contribution in [3.63, 3.8) is 0 Å². The molecule has 16 heavy (non-hydrogen) atoms. The second-order valence-electron chi connectivity index (χ2n) is 6.13. The van der Waals surface area contributed by atoms with Gasteiger partial charge in [-0.2, -0.15) is 0 Å². The fourth-order valence-electron chi connectivity index (χ4n) is 1.45. The van der Waals surface area contributed by atoms with Crippen molar-refractivity contribution in [2.24, 2.45) is 11.3 Å². The van der Waals surface area contributed by atoms with Crippen molar-refractivity contribution in [1.82, 2.24) is 5.32 Å². The van der Waals surface area contributed by atoms with Crippen LogP contribution in [-0.4, -0.2) is 25.8 Å². The third-order valence-electron chi connectivity index (χ3n) is 2.81. The first kappa shape index (κ1) is 15.9. The van der Waals surface area contributed by atoms with Gasteiger partial charge in [-0.15, -0.1) is 0 Å². The van der Waals surface area contributed by atoms with E-state index in [1.54, 1.807) is 0 Å². The smallest absolute Gasteiger partial charge is 0.0624 e. The minimum Gasteiger partial charge on any atom is -0.380 e. The maximum atomic E-state index is 5.77. The lowest BCUT2D eigenvalue weighted by Gasteiger charge is -2.31. The van der Waals surface area contributed by atoms with E-state index in [4.69, 9.17) is 4.74 Å². The van der Waals surface area contributed by atoms with Crippen LogP contribution >= 0.6 is 0 Å². The molecule has 0 spiro atoms. The Balaban J connectivity index is 3.84. The van der Waals surface area contributed by atoms with Gasteiger partial charge in [-0.1, -0.05) is 41.5 Å². The molecule has 1 N–H and O–H groups in total. The first-order valence-electron chi connectivity index (χ1n) is 6.69. The fraction of sp³-hybridized carbons (Fsp3) is 1.00. The first-order chi connectivity index (χ1) is 7.38. The van der Waals surface area contributed by atoms with Crippen molar-refractivity contribution in [3.8, 4) is 0 Å². The van der Waals surface area contributed by atoms with Crippen molar-refractivity contribution in [1.29, 1.82) is 0 Å². The predicted molar refractivity (Wildman–Crippen MR) is 71.8 cm³/mol. The third-order valence-corrected chi connectivity index (χ3v) is 2.81. The maximum absolute atomic E-state index is 5.77. The summed E-state index contributed by atoms with van der Waals surface area (Å²) >= 11 is 0. The Labute approximate surface area is 102 Å². The van der Waals surface area contributed by atoms with E-state index in [0.717, 1.165) is 32.1 Å². The molecule has 0 aromatic heterocycles. The van der Waals surface area contributed by atoms with E-state index in [1.807, 2.05) is 0 Å². The van der Waals surface area contributed by atoms with Gasteiger partial charge in [0.05, 0.1) is 6.61 Å². The SMILES string of the molecule is CCCNC(COCCC(C)C)C(C)(C)C. The molecule has 0 fully saturated rings. The molecule has 0 aliphatic carbocycles. The van der Waals surface area contributed by atoms with Crippen molar-refractivity contribution in [3.05, 3.63) is 0 Å². The molecule has 1 atom stereocenters. The molecule has 0 radical (unpaired) electrons. The molecule has 0 aromatic carbocycles. The molecule has 0 saturated carbocycles. The van der Waals surface area contributed by atoms with Crippen molar-refractivity contribution >= 4 is 0 Å². The predicted octanol–water partition coefficient (Wildman–Crippen LogP) is 3.46. The van der Waals surface area contributed by atoms with Gasteiger partial charge in [0.25, 0.3) is 0 Å². The molecule has 2 heteroatoms. The number of hydrogen-bond acceptors (Lipinski definition) is 2. The third kappa shape index (κ3) is 8.12. The molecular weight excluding hydrogens is 198 g/mol. The van der Waals surface area contributed by atoms with E-state index in [-0.39, 0.29) is 5.41 Å². The standard InChI is InChI=1S/C14H31NO/c1-7-9-15-13(14(4,5)6)11-16-10-8-12(2)3/h12-13,15H,7-11H2,1-6H3. The van der Waals surface area contributed by atoms with Crippen LogP contribution in [0, 0.1) is 11.3 Å². The highest BCUT2D eigenvalue weighted by molar-refractivity contribution is 4.80. The summed E-state index contributed by atoms with van der Waals surface area (Å²) in [5, 5.41) is 3.57. The molecule has 0 saturated heterocycles. The molecule has 2 nitrogen and oxygen atoms in total. The topological polar surface area (TPSA) is 21.3 Å². The summed E-state index contributed by atoms with van der Waals surface area (Å²) in [5.41, 5.74) is 0.271. The zero-order chi connectivity index (χ0) is 12.6. The lowest BCUT2D eigenvalue weighted by Crippen LogP contribution is -2.44. The molecule has 1 unspecified atom stereocenters. The molecule has 0 amide bonds. The summed E-state index contributed by atoms with van der Waals surface area (Å²) in [6, 6.07) is 0.458. The fourth-order valence-corrected chi connectivity index (χ4v) is 1.45. The van der Waals surface area contributed by atoms with Crippen LogP contribution in [0.25, 0.3) is 0 Å². The number of ether oxygens (including phenoxy) is 1. The van der Waals surface area contributed by atoms with Crippen molar-refractivity contribution in [2.75, 3.05) is 19.8 Å². The van der Waals surface area contributed by atoms with E-state index < -0.39 is 0 Å². The summed E-state index contributed by atoms with van der Waals surface area (Å²) < 4.78 is 5.77. The molecule has 0 heterocycles. The Bertz CT molecular complexity index is 161. The monoisotopic (exact) mass is 229 g/mol. The molecule has 0 bridgehead atoms. The number of nitrogens with one attached hydrogen (secondary N) is 1. The zero-order valence-corrected chi connectivity index (χ0v) is 12.1. The maximum Gasteiger partial charge on any atom is 0.0624 e. The van der Waals surface area contributed by atoms with Crippen LogP contribution in [0.3, 0.4) is 0 Å². The molecule has 0 rings (SSSR count).